The molecule has 0 spiro atoms. The Bertz CT molecular complexity index is 1220. The number of hydrogen-bond acceptors (Lipinski definition) is 7. The van der Waals surface area contributed by atoms with Gasteiger partial charge in [-0.15, -0.1) is 0 Å². The summed E-state index contributed by atoms with van der Waals surface area (Å²) in [6.07, 6.45) is 5.04. The van der Waals surface area contributed by atoms with Crippen molar-refractivity contribution in [2.24, 2.45) is 12.1 Å². The second-order valence-corrected chi connectivity index (χ2v) is 5.83. The lowest BCUT2D eigenvalue weighted by Crippen LogP contribution is -2.29. The van der Waals surface area contributed by atoms with E-state index in [1.807, 2.05) is 19.1 Å². The van der Waals surface area contributed by atoms with Crippen LogP contribution in [-0.2, 0) is 13.6 Å². The highest BCUT2D eigenvalue weighted by atomic mass is 16.6. The Morgan fingerprint density at radius 2 is 2.18 bits per heavy atom. The van der Waals surface area contributed by atoms with Crippen molar-refractivity contribution in [2.75, 3.05) is 5.43 Å². The molecule has 28 heavy (non-hydrogen) atoms. The first-order chi connectivity index (χ1) is 13.4. The molecule has 2 N–H and O–H groups in total. The van der Waals surface area contributed by atoms with E-state index in [-0.39, 0.29) is 22.8 Å². The van der Waals surface area contributed by atoms with Gasteiger partial charge in [-0.3, -0.25) is 29.0 Å². The molecule has 0 aliphatic carbocycles. The van der Waals surface area contributed by atoms with Gasteiger partial charge in [-0.1, -0.05) is 24.3 Å². The first-order valence-corrected chi connectivity index (χ1v) is 8.26. The zero-order valence-electron chi connectivity index (χ0n) is 15.1. The number of aryl methyl sites for hydroxylation is 1. The van der Waals surface area contributed by atoms with Crippen molar-refractivity contribution in [2.45, 2.75) is 13.5 Å². The Morgan fingerprint density at radius 3 is 2.89 bits per heavy atom. The normalized spacial score (nSPS) is 11.6. The van der Waals surface area contributed by atoms with Gasteiger partial charge in [0.25, 0.3) is 11.2 Å². The molecule has 11 heteroatoms. The number of rotatable bonds is 6. The van der Waals surface area contributed by atoms with Crippen LogP contribution in [0.25, 0.3) is 11.2 Å². The number of hydrogen-bond donors (Lipinski definition) is 2. The van der Waals surface area contributed by atoms with Gasteiger partial charge in [0.2, 0.25) is 5.95 Å². The van der Waals surface area contributed by atoms with Gasteiger partial charge in [-0.25, -0.2) is 10.2 Å². The lowest BCUT2D eigenvalue weighted by molar-refractivity contribution is -0.384. The van der Waals surface area contributed by atoms with E-state index in [9.17, 15) is 19.7 Å². The SMILES string of the molecule is C/C=C/Cn1c(N/N=C/c2cccc([N+](=O)[O-])c2)nc2c1c(=O)[nH]c(=O)n2C. The molecule has 0 aliphatic heterocycles. The minimum absolute atomic E-state index is 0.0502. The van der Waals surface area contributed by atoms with Crippen LogP contribution in [0.3, 0.4) is 0 Å². The standard InChI is InChI=1S/C17H17N7O4/c1-3-4-8-23-13-14(22(2)17(26)20-15(13)25)19-16(23)21-18-10-11-6-5-7-12(9-11)24(27)28/h3-7,9-10H,8H2,1-2H3,(H,19,21)(H,20,25,26)/b4-3+,18-10+. The third-order valence-electron chi connectivity index (χ3n) is 3.99. The Morgan fingerprint density at radius 1 is 1.39 bits per heavy atom. The largest absolute Gasteiger partial charge is 0.329 e. The Kier molecular flexibility index (Phi) is 5.16. The number of non-ortho nitro benzene ring substituents is 1. The molecule has 3 aromatic rings. The molecule has 2 heterocycles. The van der Waals surface area contributed by atoms with E-state index in [2.05, 4.69) is 20.5 Å². The van der Waals surface area contributed by atoms with Crippen LogP contribution in [0.2, 0.25) is 0 Å². The molecular weight excluding hydrogens is 366 g/mol. The number of nitro benzene ring substituents is 1. The van der Waals surface area contributed by atoms with Crippen molar-refractivity contribution in [1.29, 1.82) is 0 Å². The highest BCUT2D eigenvalue weighted by molar-refractivity contribution is 5.81. The van der Waals surface area contributed by atoms with Gasteiger partial charge in [0, 0.05) is 31.3 Å². The highest BCUT2D eigenvalue weighted by Gasteiger charge is 2.16. The fourth-order valence-electron chi connectivity index (χ4n) is 2.59. The Balaban J connectivity index is 2.00. The third-order valence-corrected chi connectivity index (χ3v) is 3.99. The molecule has 0 radical (unpaired) electrons. The van der Waals surface area contributed by atoms with Crippen LogP contribution in [-0.4, -0.2) is 30.2 Å². The summed E-state index contributed by atoms with van der Waals surface area (Å²) >= 11 is 0. The molecule has 144 valence electrons. The van der Waals surface area contributed by atoms with Crippen LogP contribution < -0.4 is 16.7 Å². The lowest BCUT2D eigenvalue weighted by atomic mass is 10.2. The van der Waals surface area contributed by atoms with Crippen LogP contribution in [0.15, 0.2) is 51.1 Å². The monoisotopic (exact) mass is 383 g/mol. The van der Waals surface area contributed by atoms with Crippen LogP contribution >= 0.6 is 0 Å². The van der Waals surface area contributed by atoms with Crippen molar-refractivity contribution in [1.82, 2.24) is 19.1 Å². The number of aromatic nitrogens is 4. The first-order valence-electron chi connectivity index (χ1n) is 8.26. The van der Waals surface area contributed by atoms with Gasteiger partial charge in [-0.2, -0.15) is 10.1 Å². The first kappa shape index (κ1) is 18.8. The highest BCUT2D eigenvalue weighted by Crippen LogP contribution is 2.16. The number of benzene rings is 1. The molecular formula is C17H17N7O4. The van der Waals surface area contributed by atoms with E-state index in [0.717, 1.165) is 0 Å². The molecule has 1 aromatic carbocycles. The molecule has 0 amide bonds. The summed E-state index contributed by atoms with van der Waals surface area (Å²) in [5.74, 6) is 0.251. The van der Waals surface area contributed by atoms with E-state index in [0.29, 0.717) is 12.1 Å². The topological polar surface area (TPSA) is 140 Å². The molecule has 0 bridgehead atoms. The van der Waals surface area contributed by atoms with Gasteiger partial charge in [0.1, 0.15) is 0 Å². The van der Waals surface area contributed by atoms with Gasteiger partial charge in [-0.05, 0) is 6.92 Å². The number of nitrogens with zero attached hydrogens (tertiary/aromatic N) is 5. The molecule has 0 atom stereocenters. The summed E-state index contributed by atoms with van der Waals surface area (Å²) in [7, 11) is 1.50. The molecule has 0 saturated heterocycles. The average molecular weight is 383 g/mol. The minimum atomic E-state index is -0.570. The number of nitrogens with one attached hydrogen (secondary N) is 2. The summed E-state index contributed by atoms with van der Waals surface area (Å²) in [5.41, 5.74) is 2.52. The number of imidazole rings is 1. The van der Waals surface area contributed by atoms with E-state index < -0.39 is 16.2 Å². The minimum Gasteiger partial charge on any atom is -0.299 e. The number of hydrazone groups is 1. The lowest BCUT2D eigenvalue weighted by Gasteiger charge is -2.04. The van der Waals surface area contributed by atoms with Crippen LogP contribution in [0.1, 0.15) is 12.5 Å². The Hall–Kier alpha value is -4.02. The zero-order valence-corrected chi connectivity index (χ0v) is 15.1. The predicted octanol–water partition coefficient (Wildman–Crippen LogP) is 1.35. The summed E-state index contributed by atoms with van der Waals surface area (Å²) in [4.78, 5) is 41.0. The molecule has 11 nitrogen and oxygen atoms in total. The molecule has 0 unspecified atom stereocenters. The number of allylic oxidation sites excluding steroid dienone is 2. The second-order valence-electron chi connectivity index (χ2n) is 5.83. The van der Waals surface area contributed by atoms with Crippen molar-refractivity contribution in [3.8, 4) is 0 Å². The van der Waals surface area contributed by atoms with Crippen molar-refractivity contribution in [3.63, 3.8) is 0 Å². The second kappa shape index (κ2) is 7.70. The maximum atomic E-state index is 12.3. The number of H-pyrrole nitrogens is 1. The van der Waals surface area contributed by atoms with Gasteiger partial charge < -0.3 is 0 Å². The van der Waals surface area contributed by atoms with E-state index in [1.54, 1.807) is 16.7 Å². The molecule has 0 saturated carbocycles. The van der Waals surface area contributed by atoms with Crippen molar-refractivity contribution < 1.29 is 4.92 Å². The molecule has 2 aromatic heterocycles. The summed E-state index contributed by atoms with van der Waals surface area (Å²) in [5, 5.41) is 14.9. The van der Waals surface area contributed by atoms with Crippen LogP contribution in [0.5, 0.6) is 0 Å². The van der Waals surface area contributed by atoms with Gasteiger partial charge >= 0.3 is 5.69 Å². The van der Waals surface area contributed by atoms with Crippen molar-refractivity contribution >= 4 is 29.0 Å². The number of fused-ring (bicyclic) bond motifs is 1. The summed E-state index contributed by atoms with van der Waals surface area (Å²) < 4.78 is 2.82. The van der Waals surface area contributed by atoms with Crippen molar-refractivity contribution in [3.05, 3.63) is 72.9 Å². The quantitative estimate of drug-likeness (QED) is 0.285. The number of aromatic amines is 1. The maximum Gasteiger partial charge on any atom is 0.329 e. The van der Waals surface area contributed by atoms with E-state index in [1.165, 1.54) is 30.0 Å². The number of nitro groups is 1. The fraction of sp³-hybridized carbons (Fsp3) is 0.176. The molecule has 0 aliphatic rings. The van der Waals surface area contributed by atoms with Crippen LogP contribution in [0.4, 0.5) is 11.6 Å². The van der Waals surface area contributed by atoms with Gasteiger partial charge in [0.15, 0.2) is 11.2 Å². The smallest absolute Gasteiger partial charge is 0.299 e. The predicted molar refractivity (Wildman–Crippen MR) is 105 cm³/mol. The molecule has 0 fully saturated rings. The third kappa shape index (κ3) is 3.58. The Labute approximate surface area is 157 Å². The van der Waals surface area contributed by atoms with E-state index >= 15 is 0 Å². The molecule has 3 rings (SSSR count). The van der Waals surface area contributed by atoms with E-state index in [4.69, 9.17) is 0 Å². The maximum absolute atomic E-state index is 12.3. The zero-order chi connectivity index (χ0) is 20.3. The number of anilines is 1. The average Bonchev–Trinajstić information content (AvgIpc) is 3.04. The van der Waals surface area contributed by atoms with Crippen LogP contribution in [0, 0.1) is 10.1 Å². The summed E-state index contributed by atoms with van der Waals surface area (Å²) in [6.45, 7) is 2.18. The summed E-state index contributed by atoms with van der Waals surface area (Å²) in [6, 6.07) is 5.97. The van der Waals surface area contributed by atoms with Gasteiger partial charge in [0.05, 0.1) is 11.1 Å². The fourth-order valence-corrected chi connectivity index (χ4v) is 2.59.